The molecular weight excluding hydrogens is 321 g/mol. The van der Waals surface area contributed by atoms with E-state index in [0.29, 0.717) is 37.1 Å². The van der Waals surface area contributed by atoms with Crippen LogP contribution >= 0.6 is 0 Å². The summed E-state index contributed by atoms with van der Waals surface area (Å²) in [6, 6.07) is 9.59. The van der Waals surface area contributed by atoms with Gasteiger partial charge in [0.2, 0.25) is 5.91 Å². The van der Waals surface area contributed by atoms with Crippen LogP contribution in [0.3, 0.4) is 0 Å². The Balaban J connectivity index is 1.47. The molecule has 130 valence electrons. The molecule has 2 heterocycles. The predicted molar refractivity (Wildman–Crippen MR) is 91.4 cm³/mol. The Kier molecular flexibility index (Phi) is 5.38. The van der Waals surface area contributed by atoms with Crippen molar-refractivity contribution in [2.24, 2.45) is 0 Å². The van der Waals surface area contributed by atoms with Crippen LogP contribution in [0.1, 0.15) is 28.8 Å². The maximum absolute atomic E-state index is 13.2. The van der Waals surface area contributed by atoms with E-state index in [0.717, 1.165) is 0 Å². The molecule has 5 nitrogen and oxygen atoms in total. The molecule has 0 spiro atoms. The Morgan fingerprint density at radius 3 is 2.68 bits per heavy atom. The maximum atomic E-state index is 13.2. The van der Waals surface area contributed by atoms with Crippen molar-refractivity contribution in [1.82, 2.24) is 15.2 Å². The molecule has 1 N–H and O–H groups in total. The van der Waals surface area contributed by atoms with Crippen molar-refractivity contribution in [1.29, 1.82) is 0 Å². The summed E-state index contributed by atoms with van der Waals surface area (Å²) in [7, 11) is 0. The van der Waals surface area contributed by atoms with Gasteiger partial charge in [-0.15, -0.1) is 0 Å². The zero-order chi connectivity index (χ0) is 17.6. The van der Waals surface area contributed by atoms with Gasteiger partial charge in [-0.3, -0.25) is 14.6 Å². The van der Waals surface area contributed by atoms with Crippen LogP contribution in [0.15, 0.2) is 48.8 Å². The summed E-state index contributed by atoms with van der Waals surface area (Å²) < 4.78 is 13.2. The van der Waals surface area contributed by atoms with E-state index >= 15 is 0 Å². The summed E-state index contributed by atoms with van der Waals surface area (Å²) in [5.74, 6) is -0.493. The number of nitrogens with one attached hydrogen (secondary N) is 1. The number of hydrogen-bond acceptors (Lipinski definition) is 3. The van der Waals surface area contributed by atoms with Crippen molar-refractivity contribution in [3.8, 4) is 0 Å². The normalized spacial score (nSPS) is 15.0. The molecule has 0 atom stereocenters. The molecule has 3 rings (SSSR count). The second-order valence-electron chi connectivity index (χ2n) is 6.18. The lowest BCUT2D eigenvalue weighted by atomic mass is 10.0. The molecule has 0 aliphatic carbocycles. The summed E-state index contributed by atoms with van der Waals surface area (Å²) in [5, 5.41) is 2.97. The third-order valence-corrected chi connectivity index (χ3v) is 4.31. The molecule has 0 saturated carbocycles. The van der Waals surface area contributed by atoms with E-state index in [-0.39, 0.29) is 30.1 Å². The Morgan fingerprint density at radius 2 is 2.00 bits per heavy atom. The van der Waals surface area contributed by atoms with Gasteiger partial charge in [-0.1, -0.05) is 12.1 Å². The highest BCUT2D eigenvalue weighted by Gasteiger charge is 2.24. The summed E-state index contributed by atoms with van der Waals surface area (Å²) in [5.41, 5.74) is 1.23. The highest BCUT2D eigenvalue weighted by molar-refractivity contribution is 5.93. The van der Waals surface area contributed by atoms with Gasteiger partial charge in [0.15, 0.2) is 0 Å². The molecule has 2 amide bonds. The average molecular weight is 341 g/mol. The highest BCUT2D eigenvalue weighted by Crippen LogP contribution is 2.14. The van der Waals surface area contributed by atoms with E-state index in [1.807, 2.05) is 0 Å². The van der Waals surface area contributed by atoms with Crippen LogP contribution < -0.4 is 5.32 Å². The lowest BCUT2D eigenvalue weighted by Gasteiger charge is -2.32. The number of pyridine rings is 1. The molecule has 1 aliphatic heterocycles. The largest absolute Gasteiger partial charge is 0.353 e. The Bertz CT molecular complexity index is 743. The summed E-state index contributed by atoms with van der Waals surface area (Å²) in [6.07, 6.45) is 4.78. The van der Waals surface area contributed by atoms with Crippen LogP contribution in [0.25, 0.3) is 0 Å². The number of carbonyl (C=O) groups excluding carboxylic acids is 2. The third-order valence-electron chi connectivity index (χ3n) is 4.31. The number of likely N-dealkylation sites (tertiary alicyclic amines) is 1. The fourth-order valence-electron chi connectivity index (χ4n) is 3.01. The van der Waals surface area contributed by atoms with E-state index in [1.165, 1.54) is 12.1 Å². The first kappa shape index (κ1) is 17.1. The molecule has 1 aromatic heterocycles. The van der Waals surface area contributed by atoms with Gasteiger partial charge in [0.25, 0.3) is 5.91 Å². The molecule has 25 heavy (non-hydrogen) atoms. The molecule has 1 aromatic carbocycles. The van der Waals surface area contributed by atoms with Crippen LogP contribution in [-0.2, 0) is 11.2 Å². The molecular formula is C19H20FN3O2. The topological polar surface area (TPSA) is 62.3 Å². The van der Waals surface area contributed by atoms with E-state index in [2.05, 4.69) is 10.3 Å². The van der Waals surface area contributed by atoms with E-state index in [4.69, 9.17) is 0 Å². The lowest BCUT2D eigenvalue weighted by molar-refractivity contribution is -0.121. The number of nitrogens with zero attached hydrogens (tertiary/aromatic N) is 2. The standard InChI is InChI=1S/C19H20FN3O2/c20-16-5-1-3-14(11-16)12-18(24)22-17-6-9-23(10-7-17)19(25)15-4-2-8-21-13-15/h1-5,8,11,13,17H,6-7,9-10,12H2,(H,22,24). The van der Waals surface area contributed by atoms with Gasteiger partial charge in [0, 0.05) is 31.5 Å². The van der Waals surface area contributed by atoms with Crippen molar-refractivity contribution in [3.63, 3.8) is 0 Å². The molecule has 0 radical (unpaired) electrons. The summed E-state index contributed by atoms with van der Waals surface area (Å²) >= 11 is 0. The monoisotopic (exact) mass is 341 g/mol. The number of benzene rings is 1. The first-order chi connectivity index (χ1) is 12.1. The van der Waals surface area contributed by atoms with Gasteiger partial charge >= 0.3 is 0 Å². The summed E-state index contributed by atoms with van der Waals surface area (Å²) in [6.45, 7) is 1.19. The lowest BCUT2D eigenvalue weighted by Crippen LogP contribution is -2.46. The Labute approximate surface area is 145 Å². The number of halogens is 1. The number of hydrogen-bond donors (Lipinski definition) is 1. The van der Waals surface area contributed by atoms with Crippen molar-refractivity contribution in [2.75, 3.05) is 13.1 Å². The number of rotatable bonds is 4. The average Bonchev–Trinajstić information content (AvgIpc) is 2.62. The van der Waals surface area contributed by atoms with Crippen LogP contribution in [0, 0.1) is 5.82 Å². The van der Waals surface area contributed by atoms with Crippen molar-refractivity contribution < 1.29 is 14.0 Å². The SMILES string of the molecule is O=C(Cc1cccc(F)c1)NC1CCN(C(=O)c2cccnc2)CC1. The minimum absolute atomic E-state index is 0.0300. The van der Waals surface area contributed by atoms with Crippen molar-refractivity contribution in [3.05, 3.63) is 65.7 Å². The van der Waals surface area contributed by atoms with Gasteiger partial charge in [-0.25, -0.2) is 4.39 Å². The van der Waals surface area contributed by atoms with Crippen LogP contribution in [0.5, 0.6) is 0 Å². The number of piperidine rings is 1. The zero-order valence-corrected chi connectivity index (χ0v) is 13.8. The van der Waals surface area contributed by atoms with Crippen LogP contribution in [0.4, 0.5) is 4.39 Å². The summed E-state index contributed by atoms with van der Waals surface area (Å²) in [4.78, 5) is 30.2. The molecule has 0 bridgehead atoms. The fraction of sp³-hybridized carbons (Fsp3) is 0.316. The van der Waals surface area contributed by atoms with Gasteiger partial charge in [-0.2, -0.15) is 0 Å². The number of carbonyl (C=O) groups is 2. The Morgan fingerprint density at radius 1 is 1.20 bits per heavy atom. The van der Waals surface area contributed by atoms with Gasteiger partial charge < -0.3 is 10.2 Å². The maximum Gasteiger partial charge on any atom is 0.255 e. The van der Waals surface area contributed by atoms with E-state index in [9.17, 15) is 14.0 Å². The van der Waals surface area contributed by atoms with Gasteiger partial charge in [-0.05, 0) is 42.7 Å². The fourth-order valence-corrected chi connectivity index (χ4v) is 3.01. The molecule has 6 heteroatoms. The first-order valence-electron chi connectivity index (χ1n) is 8.35. The Hall–Kier alpha value is -2.76. The predicted octanol–water partition coefficient (Wildman–Crippen LogP) is 2.18. The first-order valence-corrected chi connectivity index (χ1v) is 8.35. The molecule has 1 aliphatic rings. The van der Waals surface area contributed by atoms with E-state index in [1.54, 1.807) is 41.6 Å². The zero-order valence-electron chi connectivity index (χ0n) is 13.8. The molecule has 1 fully saturated rings. The minimum atomic E-state index is -0.340. The third kappa shape index (κ3) is 4.62. The quantitative estimate of drug-likeness (QED) is 0.927. The van der Waals surface area contributed by atoms with Gasteiger partial charge in [0.05, 0.1) is 12.0 Å². The minimum Gasteiger partial charge on any atom is -0.353 e. The molecule has 1 saturated heterocycles. The number of amides is 2. The van der Waals surface area contributed by atoms with Crippen molar-refractivity contribution >= 4 is 11.8 Å². The number of aromatic nitrogens is 1. The molecule has 2 aromatic rings. The van der Waals surface area contributed by atoms with Crippen LogP contribution in [0.2, 0.25) is 0 Å². The van der Waals surface area contributed by atoms with Gasteiger partial charge in [0.1, 0.15) is 5.82 Å². The second kappa shape index (κ2) is 7.88. The highest BCUT2D eigenvalue weighted by atomic mass is 19.1. The molecule has 0 unspecified atom stereocenters. The second-order valence-corrected chi connectivity index (χ2v) is 6.18. The van der Waals surface area contributed by atoms with E-state index < -0.39 is 0 Å². The van der Waals surface area contributed by atoms with Crippen molar-refractivity contribution in [2.45, 2.75) is 25.3 Å². The van der Waals surface area contributed by atoms with Crippen LogP contribution in [-0.4, -0.2) is 40.8 Å². The smallest absolute Gasteiger partial charge is 0.255 e.